The van der Waals surface area contributed by atoms with Crippen LogP contribution in [-0.2, 0) is 0 Å². The number of nitrogens with zero attached hydrogens (tertiary/aromatic N) is 4. The average molecular weight is 299 g/mol. The standard InChI is InChI=1S/C17H25N5/c1-21-9-11-22(12-10-21)17(7-2-3-8-17)14-19-16-6-4-5-15(13-18)20-16/h4-6H,2-3,7-12,14H2,1H3,(H,19,20). The van der Waals surface area contributed by atoms with Crippen molar-refractivity contribution in [1.29, 1.82) is 5.26 Å². The van der Waals surface area contributed by atoms with Gasteiger partial charge in [-0.2, -0.15) is 5.26 Å². The van der Waals surface area contributed by atoms with Crippen molar-refractivity contribution in [2.75, 3.05) is 45.1 Å². The van der Waals surface area contributed by atoms with Crippen LogP contribution in [0, 0.1) is 11.3 Å². The zero-order valence-corrected chi connectivity index (χ0v) is 13.4. The van der Waals surface area contributed by atoms with Crippen LogP contribution in [0.15, 0.2) is 18.2 Å². The van der Waals surface area contributed by atoms with Crippen molar-refractivity contribution < 1.29 is 0 Å². The molecule has 1 N–H and O–H groups in total. The summed E-state index contributed by atoms with van der Waals surface area (Å²) in [7, 11) is 2.20. The highest BCUT2D eigenvalue weighted by Gasteiger charge is 2.40. The zero-order valence-electron chi connectivity index (χ0n) is 13.4. The molecule has 22 heavy (non-hydrogen) atoms. The molecule has 0 bridgehead atoms. The van der Waals surface area contributed by atoms with Crippen LogP contribution >= 0.6 is 0 Å². The molecule has 1 saturated carbocycles. The van der Waals surface area contributed by atoms with Gasteiger partial charge in [0.2, 0.25) is 0 Å². The predicted molar refractivity (Wildman–Crippen MR) is 87.7 cm³/mol. The van der Waals surface area contributed by atoms with Crippen LogP contribution in [0.5, 0.6) is 0 Å². The number of aromatic nitrogens is 1. The van der Waals surface area contributed by atoms with E-state index in [2.05, 4.69) is 33.2 Å². The van der Waals surface area contributed by atoms with Gasteiger partial charge in [0.25, 0.3) is 0 Å². The molecule has 0 aromatic carbocycles. The molecule has 1 aliphatic carbocycles. The van der Waals surface area contributed by atoms with Gasteiger partial charge in [-0.15, -0.1) is 0 Å². The Morgan fingerprint density at radius 1 is 1.23 bits per heavy atom. The molecule has 5 heteroatoms. The molecule has 1 saturated heterocycles. The maximum Gasteiger partial charge on any atom is 0.142 e. The summed E-state index contributed by atoms with van der Waals surface area (Å²) in [6.07, 6.45) is 5.17. The Morgan fingerprint density at radius 3 is 2.64 bits per heavy atom. The topological polar surface area (TPSA) is 55.2 Å². The van der Waals surface area contributed by atoms with Crippen molar-refractivity contribution in [2.45, 2.75) is 31.2 Å². The van der Waals surface area contributed by atoms with E-state index in [0.717, 1.165) is 38.5 Å². The summed E-state index contributed by atoms with van der Waals surface area (Å²) in [4.78, 5) is 9.43. The lowest BCUT2D eigenvalue weighted by molar-refractivity contribution is 0.0510. The molecule has 0 spiro atoms. The molecule has 0 unspecified atom stereocenters. The number of nitrogens with one attached hydrogen (secondary N) is 1. The molecule has 0 amide bonds. The second kappa shape index (κ2) is 6.64. The fraction of sp³-hybridized carbons (Fsp3) is 0.647. The van der Waals surface area contributed by atoms with E-state index in [1.807, 2.05) is 12.1 Å². The first-order valence-corrected chi connectivity index (χ1v) is 8.26. The summed E-state index contributed by atoms with van der Waals surface area (Å²) >= 11 is 0. The average Bonchev–Trinajstić information content (AvgIpc) is 3.04. The normalized spacial score (nSPS) is 22.4. The van der Waals surface area contributed by atoms with Crippen molar-refractivity contribution in [3.63, 3.8) is 0 Å². The third kappa shape index (κ3) is 3.23. The van der Waals surface area contributed by atoms with Crippen LogP contribution in [0.25, 0.3) is 0 Å². The summed E-state index contributed by atoms with van der Waals surface area (Å²) in [6.45, 7) is 5.56. The first kappa shape index (κ1) is 15.3. The van der Waals surface area contributed by atoms with Crippen LogP contribution in [0.3, 0.4) is 0 Å². The van der Waals surface area contributed by atoms with E-state index in [1.165, 1.54) is 25.7 Å². The fourth-order valence-corrected chi connectivity index (χ4v) is 3.77. The summed E-state index contributed by atoms with van der Waals surface area (Å²) in [5, 5.41) is 12.5. The summed E-state index contributed by atoms with van der Waals surface area (Å²) in [5.41, 5.74) is 0.746. The molecule has 5 nitrogen and oxygen atoms in total. The van der Waals surface area contributed by atoms with Gasteiger partial charge in [-0.05, 0) is 32.0 Å². The zero-order chi connectivity index (χ0) is 15.4. The molecule has 0 atom stereocenters. The van der Waals surface area contributed by atoms with Crippen LogP contribution in [0.1, 0.15) is 31.4 Å². The third-order valence-electron chi connectivity index (χ3n) is 5.17. The van der Waals surface area contributed by atoms with Crippen molar-refractivity contribution in [3.8, 4) is 6.07 Å². The van der Waals surface area contributed by atoms with Crippen molar-refractivity contribution >= 4 is 5.82 Å². The van der Waals surface area contributed by atoms with Crippen LogP contribution < -0.4 is 5.32 Å². The third-order valence-corrected chi connectivity index (χ3v) is 5.17. The molecular weight excluding hydrogens is 274 g/mol. The Hall–Kier alpha value is -1.64. The van der Waals surface area contributed by atoms with Crippen LogP contribution in [-0.4, -0.2) is 60.1 Å². The van der Waals surface area contributed by atoms with Gasteiger partial charge in [0, 0.05) is 38.3 Å². The minimum atomic E-state index is 0.269. The Kier molecular flexibility index (Phi) is 4.60. The summed E-state index contributed by atoms with van der Waals surface area (Å²) in [6, 6.07) is 7.70. The number of anilines is 1. The molecule has 3 rings (SSSR count). The van der Waals surface area contributed by atoms with Gasteiger partial charge in [0.05, 0.1) is 0 Å². The molecule has 1 aromatic heterocycles. The maximum atomic E-state index is 8.97. The van der Waals surface area contributed by atoms with Gasteiger partial charge < -0.3 is 10.2 Å². The van der Waals surface area contributed by atoms with E-state index in [4.69, 9.17) is 5.26 Å². The number of piperazine rings is 1. The molecule has 118 valence electrons. The Bertz CT molecular complexity index is 536. The van der Waals surface area contributed by atoms with E-state index in [0.29, 0.717) is 5.69 Å². The minimum Gasteiger partial charge on any atom is -0.368 e. The smallest absolute Gasteiger partial charge is 0.142 e. The lowest BCUT2D eigenvalue weighted by Gasteiger charge is -2.45. The van der Waals surface area contributed by atoms with Crippen molar-refractivity contribution in [1.82, 2.24) is 14.8 Å². The Labute approximate surface area is 132 Å². The molecule has 1 aromatic rings. The minimum absolute atomic E-state index is 0.269. The number of likely N-dealkylation sites (N-methyl/N-ethyl adjacent to an activating group) is 1. The Morgan fingerprint density at radius 2 is 1.95 bits per heavy atom. The van der Waals surface area contributed by atoms with E-state index in [1.54, 1.807) is 6.07 Å². The van der Waals surface area contributed by atoms with E-state index in [-0.39, 0.29) is 5.54 Å². The van der Waals surface area contributed by atoms with Gasteiger partial charge in [-0.25, -0.2) is 4.98 Å². The van der Waals surface area contributed by atoms with Gasteiger partial charge in [-0.1, -0.05) is 18.9 Å². The fourth-order valence-electron chi connectivity index (χ4n) is 3.77. The summed E-state index contributed by atoms with van der Waals surface area (Å²) in [5.74, 6) is 0.819. The SMILES string of the molecule is CN1CCN(C2(CNc3cccc(C#N)n3)CCCC2)CC1. The van der Waals surface area contributed by atoms with Crippen LogP contribution in [0.2, 0.25) is 0 Å². The highest BCUT2D eigenvalue weighted by Crippen LogP contribution is 2.36. The second-order valence-electron chi connectivity index (χ2n) is 6.60. The molecular formula is C17H25N5. The second-order valence-corrected chi connectivity index (χ2v) is 6.60. The van der Waals surface area contributed by atoms with Gasteiger partial charge >= 0.3 is 0 Å². The molecule has 2 fully saturated rings. The lowest BCUT2D eigenvalue weighted by atomic mass is 9.93. The van der Waals surface area contributed by atoms with Gasteiger partial charge in [0.1, 0.15) is 17.6 Å². The van der Waals surface area contributed by atoms with Crippen molar-refractivity contribution in [3.05, 3.63) is 23.9 Å². The highest BCUT2D eigenvalue weighted by molar-refractivity contribution is 5.39. The van der Waals surface area contributed by atoms with E-state index < -0.39 is 0 Å². The van der Waals surface area contributed by atoms with E-state index >= 15 is 0 Å². The Balaban J connectivity index is 1.68. The predicted octanol–water partition coefficient (Wildman–Crippen LogP) is 1.93. The molecule has 1 aliphatic heterocycles. The van der Waals surface area contributed by atoms with Crippen molar-refractivity contribution in [2.24, 2.45) is 0 Å². The molecule has 2 heterocycles. The molecule has 0 radical (unpaired) electrons. The van der Waals surface area contributed by atoms with E-state index in [9.17, 15) is 0 Å². The summed E-state index contributed by atoms with van der Waals surface area (Å²) < 4.78 is 0. The first-order chi connectivity index (χ1) is 10.7. The number of hydrogen-bond acceptors (Lipinski definition) is 5. The van der Waals surface area contributed by atoms with Gasteiger partial charge in [0.15, 0.2) is 0 Å². The van der Waals surface area contributed by atoms with Crippen LogP contribution in [0.4, 0.5) is 5.82 Å². The highest BCUT2D eigenvalue weighted by atomic mass is 15.3. The lowest BCUT2D eigenvalue weighted by Crippen LogP contribution is -2.58. The number of nitriles is 1. The number of rotatable bonds is 4. The monoisotopic (exact) mass is 299 g/mol. The largest absolute Gasteiger partial charge is 0.368 e. The molecule has 2 aliphatic rings. The maximum absolute atomic E-state index is 8.97. The number of pyridine rings is 1. The number of hydrogen-bond donors (Lipinski definition) is 1. The quantitative estimate of drug-likeness (QED) is 0.920. The first-order valence-electron chi connectivity index (χ1n) is 8.26. The van der Waals surface area contributed by atoms with Gasteiger partial charge in [-0.3, -0.25) is 4.90 Å².